The van der Waals surface area contributed by atoms with Crippen molar-refractivity contribution >= 4 is 23.8 Å². The van der Waals surface area contributed by atoms with Crippen LogP contribution in [0.3, 0.4) is 0 Å². The quantitative estimate of drug-likeness (QED) is 0.684. The van der Waals surface area contributed by atoms with Gasteiger partial charge in [0, 0.05) is 24.3 Å². The van der Waals surface area contributed by atoms with Crippen molar-refractivity contribution in [3.63, 3.8) is 0 Å². The maximum atomic E-state index is 12.1. The van der Waals surface area contributed by atoms with Gasteiger partial charge in [0.25, 0.3) is 0 Å². The van der Waals surface area contributed by atoms with Crippen molar-refractivity contribution in [3.8, 4) is 0 Å². The van der Waals surface area contributed by atoms with Gasteiger partial charge >= 0.3 is 12.0 Å². The smallest absolute Gasteiger partial charge is 0.326 e. The highest BCUT2D eigenvalue weighted by molar-refractivity contribution is 8.00. The van der Waals surface area contributed by atoms with Crippen LogP contribution in [0.5, 0.6) is 0 Å². The highest BCUT2D eigenvalue weighted by atomic mass is 32.2. The van der Waals surface area contributed by atoms with Crippen LogP contribution in [0.25, 0.3) is 0 Å². The monoisotopic (exact) mass is 304 g/mol. The van der Waals surface area contributed by atoms with Gasteiger partial charge in [-0.2, -0.15) is 11.8 Å². The minimum Gasteiger partial charge on any atom is -0.480 e. The summed E-state index contributed by atoms with van der Waals surface area (Å²) in [7, 11) is 0. The molecule has 1 saturated heterocycles. The number of aliphatic hydroxyl groups excluding tert-OH is 1. The van der Waals surface area contributed by atoms with E-state index in [2.05, 4.69) is 19.2 Å². The van der Waals surface area contributed by atoms with Crippen LogP contribution in [0.4, 0.5) is 4.79 Å². The predicted molar refractivity (Wildman–Crippen MR) is 79.0 cm³/mol. The second-order valence-electron chi connectivity index (χ2n) is 5.15. The summed E-state index contributed by atoms with van der Waals surface area (Å²) in [6, 6.07) is -1.34. The van der Waals surface area contributed by atoms with Gasteiger partial charge in [0.1, 0.15) is 6.04 Å². The van der Waals surface area contributed by atoms with E-state index in [4.69, 9.17) is 5.11 Å². The molecular formula is C13H24N2O4S. The zero-order valence-electron chi connectivity index (χ0n) is 12.3. The van der Waals surface area contributed by atoms with Crippen LogP contribution in [-0.4, -0.2) is 63.4 Å². The Kier molecular flexibility index (Phi) is 6.13. The number of likely N-dealkylation sites (tertiary alicyclic amines) is 1. The molecule has 0 radical (unpaired) electrons. The molecule has 0 bridgehead atoms. The molecule has 0 aliphatic carbocycles. The number of carbonyl (C=O) groups excluding carboxylic acids is 1. The number of carbonyl (C=O) groups is 2. The standard InChI is InChI=1S/C13H24N2O4S/c1-4-13(5-2,20-3)8-14-12(19)15-7-9(16)6-10(15)11(17)18/h9-10,16H,4-8H2,1-3H3,(H,14,19)(H,17,18)/t9?,10-/m0/s1. The van der Waals surface area contributed by atoms with Gasteiger partial charge in [-0.25, -0.2) is 9.59 Å². The fourth-order valence-corrected chi connectivity index (χ4v) is 3.27. The first-order valence-electron chi connectivity index (χ1n) is 6.89. The van der Waals surface area contributed by atoms with Gasteiger partial charge < -0.3 is 20.4 Å². The predicted octanol–water partition coefficient (Wildman–Crippen LogP) is 1.14. The Balaban J connectivity index is 2.64. The summed E-state index contributed by atoms with van der Waals surface area (Å²) in [6.07, 6.45) is 3.20. The summed E-state index contributed by atoms with van der Waals surface area (Å²) in [5.74, 6) is -1.07. The molecule has 0 saturated carbocycles. The number of urea groups is 1. The van der Waals surface area contributed by atoms with Gasteiger partial charge in [0.2, 0.25) is 0 Å². The normalized spacial score (nSPS) is 22.9. The average molecular weight is 304 g/mol. The van der Waals surface area contributed by atoms with Crippen LogP contribution in [0, 0.1) is 0 Å². The van der Waals surface area contributed by atoms with Crippen molar-refractivity contribution in [3.05, 3.63) is 0 Å². The fraction of sp³-hybridized carbons (Fsp3) is 0.846. The van der Waals surface area contributed by atoms with Crippen LogP contribution in [-0.2, 0) is 4.79 Å². The number of hydrogen-bond acceptors (Lipinski definition) is 4. The molecule has 20 heavy (non-hydrogen) atoms. The molecule has 2 atom stereocenters. The molecule has 116 valence electrons. The van der Waals surface area contributed by atoms with Crippen LogP contribution >= 0.6 is 11.8 Å². The van der Waals surface area contributed by atoms with Crippen molar-refractivity contribution in [2.45, 2.75) is 50.0 Å². The van der Waals surface area contributed by atoms with Gasteiger partial charge in [0.05, 0.1) is 6.10 Å². The van der Waals surface area contributed by atoms with E-state index in [0.717, 1.165) is 12.8 Å². The maximum Gasteiger partial charge on any atom is 0.326 e. The Hall–Kier alpha value is -0.950. The Bertz CT molecular complexity index is 352. The highest BCUT2D eigenvalue weighted by Crippen LogP contribution is 2.29. The minimum absolute atomic E-state index is 0.0211. The SMILES string of the molecule is CCC(CC)(CNC(=O)N1CC(O)C[C@H]1C(=O)O)SC. The molecule has 1 unspecified atom stereocenters. The lowest BCUT2D eigenvalue weighted by atomic mass is 10.0. The summed E-state index contributed by atoms with van der Waals surface area (Å²) in [5, 5.41) is 21.4. The number of carboxylic acid groups (broad SMARTS) is 1. The first-order valence-corrected chi connectivity index (χ1v) is 8.12. The largest absolute Gasteiger partial charge is 0.480 e. The van der Waals surface area contributed by atoms with Crippen LogP contribution < -0.4 is 5.32 Å². The summed E-state index contributed by atoms with van der Waals surface area (Å²) in [5.41, 5.74) is 0. The van der Waals surface area contributed by atoms with E-state index in [1.807, 2.05) is 6.26 Å². The molecule has 6 nitrogen and oxygen atoms in total. The second kappa shape index (κ2) is 7.17. The average Bonchev–Trinajstić information content (AvgIpc) is 2.83. The van der Waals surface area contributed by atoms with Crippen molar-refractivity contribution in [1.29, 1.82) is 0 Å². The van der Waals surface area contributed by atoms with E-state index in [-0.39, 0.29) is 17.7 Å². The lowest BCUT2D eigenvalue weighted by Gasteiger charge is -2.31. The third-order valence-electron chi connectivity index (χ3n) is 4.11. The first kappa shape index (κ1) is 17.1. The third kappa shape index (κ3) is 3.79. The molecular weight excluding hydrogens is 280 g/mol. The Morgan fingerprint density at radius 1 is 1.40 bits per heavy atom. The topological polar surface area (TPSA) is 89.9 Å². The molecule has 0 aromatic rings. The van der Waals surface area contributed by atoms with Crippen molar-refractivity contribution in [2.75, 3.05) is 19.3 Å². The molecule has 7 heteroatoms. The molecule has 0 spiro atoms. The van der Waals surface area contributed by atoms with Gasteiger partial charge in [0.15, 0.2) is 0 Å². The summed E-state index contributed by atoms with van der Waals surface area (Å²) in [4.78, 5) is 24.4. The van der Waals surface area contributed by atoms with E-state index in [0.29, 0.717) is 6.54 Å². The first-order chi connectivity index (χ1) is 9.39. The van der Waals surface area contributed by atoms with Crippen molar-refractivity contribution < 1.29 is 19.8 Å². The number of amides is 2. The molecule has 2 amide bonds. The van der Waals surface area contributed by atoms with Gasteiger partial charge in [-0.05, 0) is 19.1 Å². The summed E-state index contributed by atoms with van der Waals surface area (Å²) < 4.78 is -0.0211. The lowest BCUT2D eigenvalue weighted by molar-refractivity contribution is -0.141. The number of nitrogens with one attached hydrogen (secondary N) is 1. The van der Waals surface area contributed by atoms with Gasteiger partial charge in [-0.3, -0.25) is 0 Å². The van der Waals surface area contributed by atoms with E-state index >= 15 is 0 Å². The summed E-state index contributed by atoms with van der Waals surface area (Å²) in [6.45, 7) is 4.73. The summed E-state index contributed by atoms with van der Waals surface area (Å²) >= 11 is 1.71. The molecule has 3 N–H and O–H groups in total. The minimum atomic E-state index is -1.07. The zero-order valence-corrected chi connectivity index (χ0v) is 13.1. The molecule has 0 aromatic carbocycles. The van der Waals surface area contributed by atoms with Crippen molar-refractivity contribution in [2.24, 2.45) is 0 Å². The number of nitrogens with zero attached hydrogens (tertiary/aromatic N) is 1. The van der Waals surface area contributed by atoms with Crippen molar-refractivity contribution in [1.82, 2.24) is 10.2 Å². The number of hydrogen-bond donors (Lipinski definition) is 3. The Morgan fingerprint density at radius 2 is 2.00 bits per heavy atom. The zero-order chi connectivity index (χ0) is 15.3. The van der Waals surface area contributed by atoms with Crippen LogP contribution in [0.15, 0.2) is 0 Å². The third-order valence-corrected chi connectivity index (χ3v) is 5.70. The van der Waals surface area contributed by atoms with Crippen LogP contribution in [0.1, 0.15) is 33.1 Å². The van der Waals surface area contributed by atoms with Crippen LogP contribution in [0.2, 0.25) is 0 Å². The molecule has 1 aliphatic rings. The van der Waals surface area contributed by atoms with E-state index < -0.39 is 24.1 Å². The maximum absolute atomic E-state index is 12.1. The van der Waals surface area contributed by atoms with E-state index in [1.165, 1.54) is 4.90 Å². The number of rotatable bonds is 6. The number of aliphatic carboxylic acids is 1. The van der Waals surface area contributed by atoms with E-state index in [1.54, 1.807) is 11.8 Å². The fourth-order valence-electron chi connectivity index (χ4n) is 2.47. The Morgan fingerprint density at radius 3 is 2.45 bits per heavy atom. The number of carboxylic acids is 1. The molecule has 1 rings (SSSR count). The Labute approximate surface area is 123 Å². The highest BCUT2D eigenvalue weighted by Gasteiger charge is 2.39. The van der Waals surface area contributed by atoms with Gasteiger partial charge in [-0.1, -0.05) is 13.8 Å². The molecule has 1 heterocycles. The number of thioether (sulfide) groups is 1. The molecule has 1 fully saturated rings. The molecule has 0 aromatic heterocycles. The lowest BCUT2D eigenvalue weighted by Crippen LogP contribution is -2.49. The van der Waals surface area contributed by atoms with E-state index in [9.17, 15) is 14.7 Å². The van der Waals surface area contributed by atoms with Gasteiger partial charge in [-0.15, -0.1) is 0 Å². The molecule has 1 aliphatic heterocycles. The second-order valence-corrected chi connectivity index (χ2v) is 6.42. The number of β-amino-alcohol motifs (C(OH)–C–C–N with tert-alkyl or cyclic N) is 1. The number of aliphatic hydroxyl groups is 1.